The van der Waals surface area contributed by atoms with Crippen molar-refractivity contribution in [1.29, 1.82) is 0 Å². The van der Waals surface area contributed by atoms with Crippen molar-refractivity contribution in [2.45, 2.75) is 26.5 Å². The molecular formula is C27H25N5O2. The van der Waals surface area contributed by atoms with Crippen molar-refractivity contribution in [2.24, 2.45) is 0 Å². The van der Waals surface area contributed by atoms with E-state index in [0.29, 0.717) is 18.1 Å². The lowest BCUT2D eigenvalue weighted by Crippen LogP contribution is -2.31. The molecule has 1 atom stereocenters. The van der Waals surface area contributed by atoms with Crippen LogP contribution in [0.15, 0.2) is 96.5 Å². The summed E-state index contributed by atoms with van der Waals surface area (Å²) >= 11 is 0. The van der Waals surface area contributed by atoms with Crippen LogP contribution in [0.5, 0.6) is 5.75 Å². The van der Waals surface area contributed by atoms with Gasteiger partial charge in [0.2, 0.25) is 5.95 Å². The summed E-state index contributed by atoms with van der Waals surface area (Å²) in [5.74, 6) is 1.16. The van der Waals surface area contributed by atoms with Gasteiger partial charge in [-0.05, 0) is 49.2 Å². The van der Waals surface area contributed by atoms with E-state index in [9.17, 15) is 4.79 Å². The number of nitrogens with zero attached hydrogens (tertiary/aromatic N) is 3. The Morgan fingerprint density at radius 1 is 1.03 bits per heavy atom. The van der Waals surface area contributed by atoms with E-state index in [2.05, 4.69) is 39.8 Å². The second-order valence-corrected chi connectivity index (χ2v) is 8.26. The Kier molecular flexibility index (Phi) is 5.82. The van der Waals surface area contributed by atoms with Gasteiger partial charge in [0.25, 0.3) is 5.91 Å². The van der Waals surface area contributed by atoms with E-state index >= 15 is 0 Å². The van der Waals surface area contributed by atoms with E-state index in [1.54, 1.807) is 4.68 Å². The van der Waals surface area contributed by atoms with E-state index in [1.807, 2.05) is 73.7 Å². The van der Waals surface area contributed by atoms with Crippen molar-refractivity contribution in [2.75, 3.05) is 10.6 Å². The van der Waals surface area contributed by atoms with Crippen LogP contribution in [0.1, 0.15) is 29.7 Å². The first-order chi connectivity index (χ1) is 16.6. The van der Waals surface area contributed by atoms with Crippen molar-refractivity contribution >= 4 is 17.5 Å². The molecule has 1 aliphatic heterocycles. The predicted molar refractivity (Wildman–Crippen MR) is 132 cm³/mol. The molecule has 0 aliphatic carbocycles. The van der Waals surface area contributed by atoms with E-state index in [4.69, 9.17) is 4.74 Å². The molecule has 3 aromatic carbocycles. The zero-order valence-corrected chi connectivity index (χ0v) is 19.0. The van der Waals surface area contributed by atoms with Crippen LogP contribution in [-0.2, 0) is 11.4 Å². The number of para-hydroxylation sites is 1. The molecule has 0 fully saturated rings. The molecule has 7 nitrogen and oxygen atoms in total. The van der Waals surface area contributed by atoms with Crippen LogP contribution >= 0.6 is 0 Å². The highest BCUT2D eigenvalue weighted by molar-refractivity contribution is 6.06. The van der Waals surface area contributed by atoms with Crippen LogP contribution in [0, 0.1) is 6.92 Å². The number of benzene rings is 3. The number of nitrogens with one attached hydrogen (secondary N) is 2. The lowest BCUT2D eigenvalue weighted by atomic mass is 9.95. The largest absolute Gasteiger partial charge is 0.489 e. The number of anilines is 2. The Morgan fingerprint density at radius 3 is 2.59 bits per heavy atom. The third-order valence-corrected chi connectivity index (χ3v) is 5.75. The first-order valence-corrected chi connectivity index (χ1v) is 11.1. The fourth-order valence-corrected chi connectivity index (χ4v) is 4.13. The zero-order chi connectivity index (χ0) is 23.5. The molecule has 0 radical (unpaired) electrons. The molecule has 0 bridgehead atoms. The normalized spacial score (nSPS) is 14.8. The number of aromatic nitrogens is 3. The summed E-state index contributed by atoms with van der Waals surface area (Å²) in [5, 5.41) is 10.6. The average Bonchev–Trinajstić information content (AvgIpc) is 3.31. The number of carbonyl (C=O) groups is 1. The predicted octanol–water partition coefficient (Wildman–Crippen LogP) is 5.09. The highest BCUT2D eigenvalue weighted by Crippen LogP contribution is 2.35. The second kappa shape index (κ2) is 9.23. The van der Waals surface area contributed by atoms with Crippen LogP contribution < -0.4 is 15.4 Å². The summed E-state index contributed by atoms with van der Waals surface area (Å²) in [5.41, 5.74) is 5.28. The standard InChI is InChI=1S/C27H25N5O2/c1-18-7-6-8-20(15-18)16-34-23-13-11-21(12-14-23)25-24(19(2)30-27-28-17-29-32(25)27)26(33)31-22-9-4-3-5-10-22/h3-15,17,25H,16H2,1-2H3,(H,31,33)(H,28,29,30)/t25-/m1/s1. The molecule has 7 heteroatoms. The van der Waals surface area contributed by atoms with Gasteiger partial charge in [-0.25, -0.2) is 4.68 Å². The average molecular weight is 452 g/mol. The number of ether oxygens (including phenoxy) is 1. The molecule has 1 aliphatic rings. The SMILES string of the molecule is CC1=C(C(=O)Nc2ccccc2)[C@@H](c2ccc(OCc3cccc(C)c3)cc2)n2ncnc2N1. The Hall–Kier alpha value is -4.39. The number of aryl methyl sites for hydroxylation is 1. The van der Waals surface area contributed by atoms with Gasteiger partial charge in [0.15, 0.2) is 0 Å². The fourth-order valence-electron chi connectivity index (χ4n) is 4.13. The van der Waals surface area contributed by atoms with Gasteiger partial charge >= 0.3 is 0 Å². The number of fused-ring (bicyclic) bond motifs is 1. The van der Waals surface area contributed by atoms with Gasteiger partial charge in [-0.1, -0.05) is 60.2 Å². The maximum absolute atomic E-state index is 13.4. The molecule has 170 valence electrons. The molecule has 0 saturated heterocycles. The molecule has 0 unspecified atom stereocenters. The van der Waals surface area contributed by atoms with Gasteiger partial charge in [0.05, 0.1) is 5.57 Å². The van der Waals surface area contributed by atoms with E-state index in [-0.39, 0.29) is 5.91 Å². The summed E-state index contributed by atoms with van der Waals surface area (Å²) in [6, 6.07) is 25.0. The van der Waals surface area contributed by atoms with Crippen LogP contribution in [0.4, 0.5) is 11.6 Å². The molecule has 1 amide bonds. The van der Waals surface area contributed by atoms with Gasteiger partial charge in [-0.2, -0.15) is 10.1 Å². The van der Waals surface area contributed by atoms with Gasteiger partial charge in [-0.3, -0.25) is 4.79 Å². The smallest absolute Gasteiger partial charge is 0.255 e. The maximum Gasteiger partial charge on any atom is 0.255 e. The van der Waals surface area contributed by atoms with Gasteiger partial charge in [0, 0.05) is 11.4 Å². The van der Waals surface area contributed by atoms with E-state index in [0.717, 1.165) is 28.3 Å². The summed E-state index contributed by atoms with van der Waals surface area (Å²) < 4.78 is 7.71. The van der Waals surface area contributed by atoms with Gasteiger partial charge < -0.3 is 15.4 Å². The van der Waals surface area contributed by atoms with Crippen molar-refractivity contribution in [1.82, 2.24) is 14.8 Å². The number of amides is 1. The van der Waals surface area contributed by atoms with Gasteiger partial charge in [0.1, 0.15) is 24.7 Å². The molecule has 2 N–H and O–H groups in total. The number of hydrogen-bond donors (Lipinski definition) is 2. The van der Waals surface area contributed by atoms with Crippen molar-refractivity contribution in [3.05, 3.63) is 113 Å². The molecule has 2 heterocycles. The minimum Gasteiger partial charge on any atom is -0.489 e. The Balaban J connectivity index is 1.41. The summed E-state index contributed by atoms with van der Waals surface area (Å²) in [6.07, 6.45) is 1.49. The second-order valence-electron chi connectivity index (χ2n) is 8.26. The van der Waals surface area contributed by atoms with Gasteiger partial charge in [-0.15, -0.1) is 0 Å². The summed E-state index contributed by atoms with van der Waals surface area (Å²) in [6.45, 7) is 4.44. The van der Waals surface area contributed by atoms with Crippen LogP contribution in [0.2, 0.25) is 0 Å². The lowest BCUT2D eigenvalue weighted by molar-refractivity contribution is -0.113. The number of rotatable bonds is 6. The van der Waals surface area contributed by atoms with Crippen LogP contribution in [0.25, 0.3) is 0 Å². The summed E-state index contributed by atoms with van der Waals surface area (Å²) in [4.78, 5) is 17.7. The summed E-state index contributed by atoms with van der Waals surface area (Å²) in [7, 11) is 0. The molecule has 4 aromatic rings. The molecule has 34 heavy (non-hydrogen) atoms. The van der Waals surface area contributed by atoms with Crippen molar-refractivity contribution < 1.29 is 9.53 Å². The molecular weight excluding hydrogens is 426 g/mol. The third-order valence-electron chi connectivity index (χ3n) is 5.75. The maximum atomic E-state index is 13.4. The topological polar surface area (TPSA) is 81.1 Å². The zero-order valence-electron chi connectivity index (χ0n) is 19.0. The molecule has 5 rings (SSSR count). The number of hydrogen-bond acceptors (Lipinski definition) is 5. The van der Waals surface area contributed by atoms with Crippen molar-refractivity contribution in [3.8, 4) is 5.75 Å². The first kappa shape index (κ1) is 21.5. The fraction of sp³-hybridized carbons (Fsp3) is 0.148. The van der Waals surface area contributed by atoms with Crippen LogP contribution in [0.3, 0.4) is 0 Å². The minimum atomic E-state index is -0.423. The Bertz CT molecular complexity index is 1340. The van der Waals surface area contributed by atoms with E-state index in [1.165, 1.54) is 11.9 Å². The van der Waals surface area contributed by atoms with E-state index < -0.39 is 6.04 Å². The molecule has 1 aromatic heterocycles. The molecule has 0 saturated carbocycles. The number of carbonyl (C=O) groups excluding carboxylic acids is 1. The Morgan fingerprint density at radius 2 is 1.82 bits per heavy atom. The highest BCUT2D eigenvalue weighted by Gasteiger charge is 2.33. The number of allylic oxidation sites excluding steroid dienone is 1. The molecule has 0 spiro atoms. The quantitative estimate of drug-likeness (QED) is 0.427. The monoisotopic (exact) mass is 451 g/mol. The first-order valence-electron chi connectivity index (χ1n) is 11.1. The highest BCUT2D eigenvalue weighted by atomic mass is 16.5. The van der Waals surface area contributed by atoms with Crippen LogP contribution in [-0.4, -0.2) is 20.7 Å². The lowest BCUT2D eigenvalue weighted by Gasteiger charge is -2.28. The third kappa shape index (κ3) is 4.41. The van der Waals surface area contributed by atoms with Crippen molar-refractivity contribution in [3.63, 3.8) is 0 Å². The minimum absolute atomic E-state index is 0.192. The Labute approximate surface area is 198 Å².